The Balaban J connectivity index is 1.65. The molecule has 2 rings (SSSR count). The molecule has 0 saturated carbocycles. The number of hydrogen-bond donors (Lipinski definition) is 2. The summed E-state index contributed by atoms with van der Waals surface area (Å²) >= 11 is 0. The molecular formula is C16H22N2O3. The Labute approximate surface area is 125 Å². The summed E-state index contributed by atoms with van der Waals surface area (Å²) in [5, 5.41) is 22.0. The van der Waals surface area contributed by atoms with Crippen molar-refractivity contribution >= 4 is 0 Å². The number of aliphatic hydroxyl groups excluding tert-OH is 1. The van der Waals surface area contributed by atoms with E-state index < -0.39 is 6.10 Å². The van der Waals surface area contributed by atoms with Gasteiger partial charge in [-0.15, -0.1) is 0 Å². The Kier molecular flexibility index (Phi) is 6.00. The van der Waals surface area contributed by atoms with Crippen molar-refractivity contribution in [2.75, 3.05) is 26.3 Å². The van der Waals surface area contributed by atoms with E-state index in [0.29, 0.717) is 29.9 Å². The molecular weight excluding hydrogens is 268 g/mol. The summed E-state index contributed by atoms with van der Waals surface area (Å²) in [6, 6.07) is 8.98. The van der Waals surface area contributed by atoms with E-state index in [-0.39, 0.29) is 6.61 Å². The average molecular weight is 290 g/mol. The Morgan fingerprint density at radius 3 is 3.14 bits per heavy atom. The molecule has 1 aromatic rings. The predicted octanol–water partition coefficient (Wildman–Crippen LogP) is 1.31. The average Bonchev–Trinajstić information content (AvgIpc) is 2.91. The van der Waals surface area contributed by atoms with Crippen molar-refractivity contribution in [2.24, 2.45) is 5.92 Å². The number of ether oxygens (including phenoxy) is 2. The van der Waals surface area contributed by atoms with Crippen molar-refractivity contribution in [1.82, 2.24) is 5.32 Å². The summed E-state index contributed by atoms with van der Waals surface area (Å²) in [7, 11) is 0. The fraction of sp³-hybridized carbons (Fsp3) is 0.562. The molecule has 1 aliphatic heterocycles. The lowest BCUT2D eigenvalue weighted by Gasteiger charge is -2.17. The van der Waals surface area contributed by atoms with Crippen molar-refractivity contribution in [3.8, 4) is 11.8 Å². The third-order valence-electron chi connectivity index (χ3n) is 3.73. The van der Waals surface area contributed by atoms with Crippen LogP contribution < -0.4 is 10.1 Å². The van der Waals surface area contributed by atoms with Crippen LogP contribution in [-0.4, -0.2) is 43.6 Å². The number of aliphatic hydroxyl groups is 1. The number of hydrogen-bond acceptors (Lipinski definition) is 5. The molecule has 21 heavy (non-hydrogen) atoms. The summed E-state index contributed by atoms with van der Waals surface area (Å²) in [5.41, 5.74) is 0.551. The maximum absolute atomic E-state index is 9.89. The largest absolute Gasteiger partial charge is 0.491 e. The fourth-order valence-corrected chi connectivity index (χ4v) is 2.39. The predicted molar refractivity (Wildman–Crippen MR) is 79.0 cm³/mol. The standard InChI is InChI=1S/C16H22N2O3/c1-12-14(5-6-20-12)9-18-10-15(19)11-21-16-4-2-3-13(7-16)8-17/h2-4,7,12,14-15,18-19H,5-6,9-11H2,1H3. The SMILES string of the molecule is CC1OCCC1CNCC(O)COc1cccc(C#N)c1. The third-order valence-corrected chi connectivity index (χ3v) is 3.73. The van der Waals surface area contributed by atoms with Gasteiger partial charge in [0.25, 0.3) is 0 Å². The first kappa shape index (κ1) is 15.8. The van der Waals surface area contributed by atoms with Crippen LogP contribution in [0.25, 0.3) is 0 Å². The summed E-state index contributed by atoms with van der Waals surface area (Å²) < 4.78 is 11.0. The van der Waals surface area contributed by atoms with E-state index in [1.807, 2.05) is 0 Å². The van der Waals surface area contributed by atoms with Gasteiger partial charge < -0.3 is 19.9 Å². The molecule has 5 nitrogen and oxygen atoms in total. The van der Waals surface area contributed by atoms with Crippen LogP contribution in [0.15, 0.2) is 24.3 Å². The van der Waals surface area contributed by atoms with Crippen molar-refractivity contribution in [1.29, 1.82) is 5.26 Å². The van der Waals surface area contributed by atoms with Gasteiger partial charge in [0, 0.05) is 19.7 Å². The number of nitrogens with one attached hydrogen (secondary N) is 1. The molecule has 1 saturated heterocycles. The summed E-state index contributed by atoms with van der Waals surface area (Å²) in [6.45, 7) is 4.46. The molecule has 114 valence electrons. The maximum Gasteiger partial charge on any atom is 0.120 e. The smallest absolute Gasteiger partial charge is 0.120 e. The van der Waals surface area contributed by atoms with Gasteiger partial charge in [0.05, 0.1) is 17.7 Å². The van der Waals surface area contributed by atoms with Crippen molar-refractivity contribution in [2.45, 2.75) is 25.6 Å². The first-order valence-corrected chi connectivity index (χ1v) is 7.32. The van der Waals surface area contributed by atoms with Gasteiger partial charge in [0.15, 0.2) is 0 Å². The number of rotatable bonds is 7. The molecule has 0 amide bonds. The minimum atomic E-state index is -0.576. The molecule has 2 N–H and O–H groups in total. The zero-order chi connectivity index (χ0) is 15.1. The van der Waals surface area contributed by atoms with Crippen LogP contribution in [0.5, 0.6) is 5.75 Å². The van der Waals surface area contributed by atoms with Gasteiger partial charge in [-0.05, 0) is 37.5 Å². The van der Waals surface area contributed by atoms with Crippen molar-refractivity contribution in [3.05, 3.63) is 29.8 Å². The number of nitriles is 1. The third kappa shape index (κ3) is 5.01. The highest BCUT2D eigenvalue weighted by Crippen LogP contribution is 2.19. The molecule has 0 aliphatic carbocycles. The van der Waals surface area contributed by atoms with E-state index in [1.54, 1.807) is 24.3 Å². The van der Waals surface area contributed by atoms with E-state index in [4.69, 9.17) is 14.7 Å². The zero-order valence-corrected chi connectivity index (χ0v) is 12.3. The lowest BCUT2D eigenvalue weighted by atomic mass is 10.0. The van der Waals surface area contributed by atoms with Gasteiger partial charge in [0.1, 0.15) is 18.5 Å². The first-order chi connectivity index (χ1) is 10.2. The van der Waals surface area contributed by atoms with Crippen molar-refractivity contribution in [3.63, 3.8) is 0 Å². The number of nitrogens with zero attached hydrogens (tertiary/aromatic N) is 1. The summed E-state index contributed by atoms with van der Waals surface area (Å²) in [6.07, 6.45) is 0.787. The second-order valence-electron chi connectivity index (χ2n) is 5.39. The Hall–Kier alpha value is -1.61. The minimum absolute atomic E-state index is 0.207. The summed E-state index contributed by atoms with van der Waals surface area (Å²) in [5.74, 6) is 1.12. The lowest BCUT2D eigenvalue weighted by Crippen LogP contribution is -2.35. The summed E-state index contributed by atoms with van der Waals surface area (Å²) in [4.78, 5) is 0. The van der Waals surface area contributed by atoms with Gasteiger partial charge in [-0.3, -0.25) is 0 Å². The quantitative estimate of drug-likeness (QED) is 0.792. The Morgan fingerprint density at radius 1 is 1.57 bits per heavy atom. The van der Waals surface area contributed by atoms with Gasteiger partial charge in [-0.2, -0.15) is 5.26 Å². The van der Waals surface area contributed by atoms with Gasteiger partial charge >= 0.3 is 0 Å². The van der Waals surface area contributed by atoms with Gasteiger partial charge in [-0.25, -0.2) is 0 Å². The highest BCUT2D eigenvalue weighted by Gasteiger charge is 2.23. The van der Waals surface area contributed by atoms with E-state index in [2.05, 4.69) is 18.3 Å². The van der Waals surface area contributed by atoms with Crippen LogP contribution in [0.1, 0.15) is 18.9 Å². The molecule has 1 aromatic carbocycles. The molecule has 1 aliphatic rings. The first-order valence-electron chi connectivity index (χ1n) is 7.32. The van der Waals surface area contributed by atoms with E-state index >= 15 is 0 Å². The maximum atomic E-state index is 9.89. The fourth-order valence-electron chi connectivity index (χ4n) is 2.39. The van der Waals surface area contributed by atoms with Crippen LogP contribution in [0, 0.1) is 17.2 Å². The topological polar surface area (TPSA) is 74.5 Å². The van der Waals surface area contributed by atoms with Gasteiger partial charge in [-0.1, -0.05) is 6.07 Å². The van der Waals surface area contributed by atoms with Crippen LogP contribution in [0.2, 0.25) is 0 Å². The van der Waals surface area contributed by atoms with E-state index in [0.717, 1.165) is 19.6 Å². The molecule has 0 spiro atoms. The molecule has 5 heteroatoms. The zero-order valence-electron chi connectivity index (χ0n) is 12.3. The Morgan fingerprint density at radius 2 is 2.43 bits per heavy atom. The van der Waals surface area contributed by atoms with E-state index in [1.165, 1.54) is 0 Å². The normalized spacial score (nSPS) is 22.7. The molecule has 1 fully saturated rings. The van der Waals surface area contributed by atoms with Crippen LogP contribution >= 0.6 is 0 Å². The number of benzene rings is 1. The Bertz CT molecular complexity index is 487. The molecule has 3 atom stereocenters. The highest BCUT2D eigenvalue weighted by molar-refractivity contribution is 5.36. The lowest BCUT2D eigenvalue weighted by molar-refractivity contribution is 0.0946. The molecule has 0 aromatic heterocycles. The van der Waals surface area contributed by atoms with Crippen LogP contribution in [0.4, 0.5) is 0 Å². The van der Waals surface area contributed by atoms with Crippen LogP contribution in [-0.2, 0) is 4.74 Å². The molecule has 0 bridgehead atoms. The van der Waals surface area contributed by atoms with Crippen molar-refractivity contribution < 1.29 is 14.6 Å². The second-order valence-corrected chi connectivity index (χ2v) is 5.39. The molecule has 1 heterocycles. The minimum Gasteiger partial charge on any atom is -0.491 e. The van der Waals surface area contributed by atoms with Crippen LogP contribution in [0.3, 0.4) is 0 Å². The monoisotopic (exact) mass is 290 g/mol. The second kappa shape index (κ2) is 7.99. The molecule has 0 radical (unpaired) electrons. The molecule has 3 unspecified atom stereocenters. The van der Waals surface area contributed by atoms with E-state index in [9.17, 15) is 5.11 Å². The highest BCUT2D eigenvalue weighted by atomic mass is 16.5. The van der Waals surface area contributed by atoms with Gasteiger partial charge in [0.2, 0.25) is 0 Å².